The van der Waals surface area contributed by atoms with Gasteiger partial charge in [-0.05, 0) is 46.4 Å². The van der Waals surface area contributed by atoms with E-state index in [-0.39, 0.29) is 10.8 Å². The van der Waals surface area contributed by atoms with Crippen molar-refractivity contribution in [3.8, 4) is 0 Å². The van der Waals surface area contributed by atoms with Crippen LogP contribution in [0.2, 0.25) is 0 Å². The highest BCUT2D eigenvalue weighted by molar-refractivity contribution is 5.74. The summed E-state index contributed by atoms with van der Waals surface area (Å²) >= 11 is 0. The molecule has 1 aromatic carbocycles. The number of carbonyl (C=O) groups is 1. The first kappa shape index (κ1) is 13.1. The van der Waals surface area contributed by atoms with Crippen LogP contribution in [0, 0.1) is 0 Å². The Labute approximate surface area is 110 Å². The number of allylic oxidation sites excluding steroid dienone is 1. The molecule has 1 aliphatic rings. The second-order valence-corrected chi connectivity index (χ2v) is 6.57. The molecule has 1 aliphatic carbocycles. The maximum atomic E-state index is 10.4. The maximum Gasteiger partial charge on any atom is 0.142 e. The van der Waals surface area contributed by atoms with E-state index in [0.717, 1.165) is 11.8 Å². The third kappa shape index (κ3) is 2.27. The van der Waals surface area contributed by atoms with Crippen molar-refractivity contribution in [1.29, 1.82) is 0 Å². The van der Waals surface area contributed by atoms with Gasteiger partial charge in [0.25, 0.3) is 0 Å². The van der Waals surface area contributed by atoms with E-state index in [1.54, 1.807) is 6.08 Å². The zero-order valence-corrected chi connectivity index (χ0v) is 11.8. The Kier molecular flexibility index (Phi) is 3.18. The number of rotatable bonds is 2. The zero-order chi connectivity index (χ0) is 13.4. The van der Waals surface area contributed by atoms with Crippen LogP contribution >= 0.6 is 0 Å². The highest BCUT2D eigenvalue weighted by Gasteiger charge is 2.36. The maximum absolute atomic E-state index is 10.4. The van der Waals surface area contributed by atoms with Crippen molar-refractivity contribution in [1.82, 2.24) is 0 Å². The number of carbonyl (C=O) groups excluding carboxylic acids is 1. The lowest BCUT2D eigenvalue weighted by Gasteiger charge is -2.42. The molecule has 0 aromatic heterocycles. The van der Waals surface area contributed by atoms with Gasteiger partial charge in [0.2, 0.25) is 0 Å². The van der Waals surface area contributed by atoms with Crippen molar-refractivity contribution in [2.24, 2.45) is 0 Å². The van der Waals surface area contributed by atoms with Crippen LogP contribution in [0.3, 0.4) is 0 Å². The van der Waals surface area contributed by atoms with Crippen molar-refractivity contribution in [3.05, 3.63) is 41.0 Å². The monoisotopic (exact) mass is 242 g/mol. The molecule has 0 amide bonds. The van der Waals surface area contributed by atoms with Crippen molar-refractivity contribution in [2.45, 2.75) is 51.4 Å². The second kappa shape index (κ2) is 4.38. The molecule has 0 unspecified atom stereocenters. The topological polar surface area (TPSA) is 17.1 Å². The highest BCUT2D eigenvalue weighted by atomic mass is 16.1. The van der Waals surface area contributed by atoms with E-state index < -0.39 is 0 Å². The minimum Gasteiger partial charge on any atom is -0.299 e. The summed E-state index contributed by atoms with van der Waals surface area (Å²) in [6.07, 6.45) is 6.71. The molecule has 0 atom stereocenters. The van der Waals surface area contributed by atoms with Crippen molar-refractivity contribution >= 4 is 12.4 Å². The highest BCUT2D eigenvalue weighted by Crippen LogP contribution is 2.45. The van der Waals surface area contributed by atoms with E-state index in [9.17, 15) is 4.79 Å². The van der Waals surface area contributed by atoms with Gasteiger partial charge in [0, 0.05) is 0 Å². The fourth-order valence-electron chi connectivity index (χ4n) is 2.86. The molecule has 0 radical (unpaired) electrons. The molecule has 0 bridgehead atoms. The molecule has 0 saturated heterocycles. The van der Waals surface area contributed by atoms with E-state index >= 15 is 0 Å². The molecule has 1 heteroatoms. The number of aldehydes is 1. The van der Waals surface area contributed by atoms with Gasteiger partial charge < -0.3 is 0 Å². The van der Waals surface area contributed by atoms with E-state index in [2.05, 4.69) is 45.9 Å². The van der Waals surface area contributed by atoms with Gasteiger partial charge >= 0.3 is 0 Å². The molecule has 0 saturated carbocycles. The molecule has 1 nitrogen and oxygen atoms in total. The summed E-state index contributed by atoms with van der Waals surface area (Å²) in [5.41, 5.74) is 4.51. The van der Waals surface area contributed by atoms with Crippen LogP contribution in [0.1, 0.15) is 57.2 Å². The molecule has 1 aromatic rings. The molecule has 2 rings (SSSR count). The second-order valence-electron chi connectivity index (χ2n) is 6.57. The molecular formula is C17H22O. The molecule has 0 aliphatic heterocycles. The lowest BCUT2D eigenvalue weighted by Crippen LogP contribution is -2.33. The average molecular weight is 242 g/mol. The average Bonchev–Trinajstić information content (AvgIpc) is 2.32. The Balaban J connectivity index is 2.55. The first-order chi connectivity index (χ1) is 8.37. The fourth-order valence-corrected chi connectivity index (χ4v) is 2.86. The molecule has 0 fully saturated rings. The van der Waals surface area contributed by atoms with Gasteiger partial charge in [-0.15, -0.1) is 0 Å². The third-order valence-electron chi connectivity index (χ3n) is 4.24. The van der Waals surface area contributed by atoms with Crippen molar-refractivity contribution < 1.29 is 4.79 Å². The number of hydrogen-bond donors (Lipinski definition) is 0. The smallest absolute Gasteiger partial charge is 0.142 e. The Hall–Kier alpha value is -1.37. The Bertz CT molecular complexity index is 492. The summed E-state index contributed by atoms with van der Waals surface area (Å²) in [6.45, 7) is 9.27. The van der Waals surface area contributed by atoms with Gasteiger partial charge in [-0.2, -0.15) is 0 Å². The molecular weight excluding hydrogens is 220 g/mol. The Morgan fingerprint density at radius 3 is 2.22 bits per heavy atom. The van der Waals surface area contributed by atoms with Crippen molar-refractivity contribution in [3.63, 3.8) is 0 Å². The van der Waals surface area contributed by atoms with E-state index in [1.165, 1.54) is 24.0 Å². The normalized spacial score (nSPS) is 20.7. The van der Waals surface area contributed by atoms with Gasteiger partial charge in [-0.3, -0.25) is 4.79 Å². The van der Waals surface area contributed by atoms with Gasteiger partial charge in [0.15, 0.2) is 0 Å². The molecule has 0 N–H and O–H groups in total. The summed E-state index contributed by atoms with van der Waals surface area (Å²) < 4.78 is 0. The van der Waals surface area contributed by atoms with Crippen LogP contribution in [-0.4, -0.2) is 6.29 Å². The Morgan fingerprint density at radius 2 is 1.61 bits per heavy atom. The standard InChI is InChI=1S/C17H22O/c1-16(2)9-10-17(3,4)15-12-13(6-5-11-18)7-8-14(15)16/h5-8,11-12H,9-10H2,1-4H3/b6-5+. The number of benzene rings is 1. The van der Waals surface area contributed by atoms with Crippen LogP contribution < -0.4 is 0 Å². The van der Waals surface area contributed by atoms with Crippen LogP contribution in [0.5, 0.6) is 0 Å². The van der Waals surface area contributed by atoms with E-state index in [0.29, 0.717) is 0 Å². The van der Waals surface area contributed by atoms with Crippen LogP contribution in [0.4, 0.5) is 0 Å². The van der Waals surface area contributed by atoms with Gasteiger partial charge in [0.1, 0.15) is 6.29 Å². The predicted octanol–water partition coefficient (Wildman–Crippen LogP) is 4.25. The van der Waals surface area contributed by atoms with E-state index in [1.807, 2.05) is 6.08 Å². The largest absolute Gasteiger partial charge is 0.299 e. The summed E-state index contributed by atoms with van der Waals surface area (Å²) in [6, 6.07) is 6.60. The van der Waals surface area contributed by atoms with Gasteiger partial charge in [-0.1, -0.05) is 52.0 Å². The predicted molar refractivity (Wildman–Crippen MR) is 76.8 cm³/mol. The van der Waals surface area contributed by atoms with Crippen LogP contribution in [-0.2, 0) is 15.6 Å². The molecule has 0 spiro atoms. The summed E-state index contributed by atoms with van der Waals surface area (Å²) in [5, 5.41) is 0. The summed E-state index contributed by atoms with van der Waals surface area (Å²) in [5.74, 6) is 0. The van der Waals surface area contributed by atoms with Crippen LogP contribution in [0.25, 0.3) is 6.08 Å². The van der Waals surface area contributed by atoms with Crippen molar-refractivity contribution in [2.75, 3.05) is 0 Å². The number of fused-ring (bicyclic) bond motifs is 1. The third-order valence-corrected chi connectivity index (χ3v) is 4.24. The van der Waals surface area contributed by atoms with E-state index in [4.69, 9.17) is 0 Å². The summed E-state index contributed by atoms with van der Waals surface area (Å²) in [4.78, 5) is 10.4. The minimum absolute atomic E-state index is 0.232. The van der Waals surface area contributed by atoms with Gasteiger partial charge in [-0.25, -0.2) is 0 Å². The lowest BCUT2D eigenvalue weighted by atomic mass is 9.63. The molecule has 0 heterocycles. The first-order valence-electron chi connectivity index (χ1n) is 6.64. The Morgan fingerprint density at radius 1 is 1.00 bits per heavy atom. The fraction of sp³-hybridized carbons (Fsp3) is 0.471. The van der Waals surface area contributed by atoms with Crippen LogP contribution in [0.15, 0.2) is 24.3 Å². The molecule has 96 valence electrons. The molecule has 18 heavy (non-hydrogen) atoms. The minimum atomic E-state index is 0.232. The quantitative estimate of drug-likeness (QED) is 0.560. The zero-order valence-electron chi connectivity index (χ0n) is 11.8. The van der Waals surface area contributed by atoms with Gasteiger partial charge in [0.05, 0.1) is 0 Å². The first-order valence-corrected chi connectivity index (χ1v) is 6.64. The lowest BCUT2D eigenvalue weighted by molar-refractivity contribution is -0.104. The SMILES string of the molecule is CC1(C)CCC(C)(C)c2cc(/C=C/C=O)ccc21. The number of hydrogen-bond acceptors (Lipinski definition) is 1. The summed E-state index contributed by atoms with van der Waals surface area (Å²) in [7, 11) is 0.